The Morgan fingerprint density at radius 3 is 2.75 bits per heavy atom. The Labute approximate surface area is 96.4 Å². The summed E-state index contributed by atoms with van der Waals surface area (Å²) in [6.07, 6.45) is 3.81. The molecule has 0 bridgehead atoms. The van der Waals surface area contributed by atoms with E-state index in [0.29, 0.717) is 12.2 Å². The summed E-state index contributed by atoms with van der Waals surface area (Å²) in [4.78, 5) is 0.111. The zero-order chi connectivity index (χ0) is 12.1. The summed E-state index contributed by atoms with van der Waals surface area (Å²) >= 11 is 0. The first-order chi connectivity index (χ1) is 7.56. The molecule has 1 atom stereocenters. The van der Waals surface area contributed by atoms with Crippen molar-refractivity contribution < 1.29 is 13.2 Å². The maximum atomic E-state index is 11.0. The first kappa shape index (κ1) is 12.7. The van der Waals surface area contributed by atoms with Crippen LogP contribution in [0.25, 0.3) is 0 Å². The van der Waals surface area contributed by atoms with Crippen molar-refractivity contribution in [2.24, 2.45) is 5.92 Å². The molecular formula is C11H13NO3S. The van der Waals surface area contributed by atoms with Crippen LogP contribution in [0.5, 0.6) is 0 Å². The van der Waals surface area contributed by atoms with Crippen molar-refractivity contribution in [3.05, 3.63) is 23.8 Å². The van der Waals surface area contributed by atoms with Gasteiger partial charge in [0.25, 0.3) is 0 Å². The van der Waals surface area contributed by atoms with E-state index in [9.17, 15) is 8.42 Å². The van der Waals surface area contributed by atoms with E-state index in [0.717, 1.165) is 0 Å². The highest BCUT2D eigenvalue weighted by Gasteiger charge is 2.23. The maximum Gasteiger partial charge on any atom is 0.220 e. The summed E-state index contributed by atoms with van der Waals surface area (Å²) in [6, 6.07) is 1.95. The first-order valence-electron chi connectivity index (χ1n) is 4.92. The predicted molar refractivity (Wildman–Crippen MR) is 61.3 cm³/mol. The van der Waals surface area contributed by atoms with E-state index < -0.39 is 16.4 Å². The van der Waals surface area contributed by atoms with Crippen LogP contribution < -0.4 is 0 Å². The van der Waals surface area contributed by atoms with Gasteiger partial charge < -0.3 is 4.74 Å². The predicted octanol–water partition coefficient (Wildman–Crippen LogP) is 1.10. The maximum absolute atomic E-state index is 11.0. The third-order valence-corrected chi connectivity index (χ3v) is 2.73. The van der Waals surface area contributed by atoms with Crippen molar-refractivity contribution >= 4 is 15.2 Å². The summed E-state index contributed by atoms with van der Waals surface area (Å²) in [5, 5.41) is 8.88. The molecule has 86 valence electrons. The number of rotatable bonds is 3. The smallest absolute Gasteiger partial charge is 0.220 e. The lowest BCUT2D eigenvalue weighted by atomic mass is 10.0. The normalized spacial score (nSPS) is 19.5. The van der Waals surface area contributed by atoms with E-state index in [-0.39, 0.29) is 10.8 Å². The lowest BCUT2D eigenvalue weighted by molar-refractivity contribution is 0.1000. The Morgan fingerprint density at radius 1 is 1.56 bits per heavy atom. The van der Waals surface area contributed by atoms with Gasteiger partial charge in [-0.15, -0.1) is 0 Å². The fourth-order valence-corrected chi connectivity index (χ4v) is 1.83. The molecule has 0 spiro atoms. The standard InChI is InChI=1S/C11H13NO3S/c1-8(2)7-15-11-9(6-12)4-3-5-10(11)16(13)14/h3-5,8,11H,7H2,1-2H3. The van der Waals surface area contributed by atoms with Gasteiger partial charge in [0, 0.05) is 0 Å². The second-order valence-corrected chi connectivity index (χ2v) is 4.78. The summed E-state index contributed by atoms with van der Waals surface area (Å²) in [5.74, 6) is 0.284. The lowest BCUT2D eigenvalue weighted by Gasteiger charge is -2.19. The zero-order valence-electron chi connectivity index (χ0n) is 9.17. The quantitative estimate of drug-likeness (QED) is 0.692. The van der Waals surface area contributed by atoms with Gasteiger partial charge in [-0.05, 0) is 18.1 Å². The van der Waals surface area contributed by atoms with Crippen LogP contribution in [0.2, 0.25) is 0 Å². The fourth-order valence-electron chi connectivity index (χ4n) is 1.27. The summed E-state index contributed by atoms with van der Waals surface area (Å²) in [5.41, 5.74) is 0.322. The number of hydrogen-bond acceptors (Lipinski definition) is 4. The van der Waals surface area contributed by atoms with Crippen LogP contribution in [0.1, 0.15) is 13.8 Å². The van der Waals surface area contributed by atoms with Crippen molar-refractivity contribution in [1.82, 2.24) is 0 Å². The SMILES string of the molecule is CC(C)COC1C(C#N)=CC=CC1=S(=O)=O. The van der Waals surface area contributed by atoms with Crippen LogP contribution in [0.4, 0.5) is 0 Å². The molecule has 1 aliphatic rings. The number of nitrogens with zero attached hydrogens (tertiary/aromatic N) is 1. The molecule has 16 heavy (non-hydrogen) atoms. The van der Waals surface area contributed by atoms with Crippen LogP contribution >= 0.6 is 0 Å². The molecule has 0 saturated heterocycles. The molecule has 1 unspecified atom stereocenters. The van der Waals surface area contributed by atoms with Crippen LogP contribution in [-0.2, 0) is 15.0 Å². The van der Waals surface area contributed by atoms with Gasteiger partial charge in [-0.3, -0.25) is 0 Å². The van der Waals surface area contributed by atoms with Gasteiger partial charge in [0.05, 0.1) is 18.2 Å². The van der Waals surface area contributed by atoms with Gasteiger partial charge in [-0.2, -0.15) is 13.7 Å². The van der Waals surface area contributed by atoms with E-state index in [1.807, 2.05) is 19.9 Å². The van der Waals surface area contributed by atoms with Crippen molar-refractivity contribution in [3.63, 3.8) is 0 Å². The molecule has 0 heterocycles. The van der Waals surface area contributed by atoms with Crippen LogP contribution in [-0.4, -0.2) is 26.0 Å². The number of ether oxygens (including phenoxy) is 1. The summed E-state index contributed by atoms with van der Waals surface area (Å²) in [7, 11) is -2.36. The molecule has 0 aromatic heterocycles. The molecule has 0 aromatic carbocycles. The minimum absolute atomic E-state index is 0.111. The summed E-state index contributed by atoms with van der Waals surface area (Å²) < 4.78 is 27.4. The average molecular weight is 239 g/mol. The highest BCUT2D eigenvalue weighted by atomic mass is 32.2. The Morgan fingerprint density at radius 2 is 2.25 bits per heavy atom. The second-order valence-electron chi connectivity index (χ2n) is 3.84. The van der Waals surface area contributed by atoms with E-state index in [2.05, 4.69) is 0 Å². The third-order valence-electron chi connectivity index (χ3n) is 1.99. The Kier molecular flexibility index (Phi) is 4.47. The minimum atomic E-state index is -2.36. The Hall–Kier alpha value is -1.38. The Bertz CT molecular complexity index is 484. The second kappa shape index (κ2) is 5.64. The lowest BCUT2D eigenvalue weighted by Crippen LogP contribution is -2.28. The van der Waals surface area contributed by atoms with Gasteiger partial charge in [-0.1, -0.05) is 19.9 Å². The number of hydrogen-bond donors (Lipinski definition) is 0. The van der Waals surface area contributed by atoms with Crippen LogP contribution in [0, 0.1) is 17.2 Å². The van der Waals surface area contributed by atoms with Crippen molar-refractivity contribution in [2.75, 3.05) is 6.61 Å². The van der Waals surface area contributed by atoms with Crippen molar-refractivity contribution in [2.45, 2.75) is 20.0 Å². The van der Waals surface area contributed by atoms with E-state index in [1.54, 1.807) is 12.2 Å². The average Bonchev–Trinajstić information content (AvgIpc) is 2.25. The molecule has 0 aromatic rings. The molecule has 0 N–H and O–H groups in total. The van der Waals surface area contributed by atoms with Crippen LogP contribution in [0.3, 0.4) is 0 Å². The van der Waals surface area contributed by atoms with E-state index >= 15 is 0 Å². The topological polar surface area (TPSA) is 67.2 Å². The molecule has 4 nitrogen and oxygen atoms in total. The highest BCUT2D eigenvalue weighted by molar-refractivity contribution is 7.73. The molecule has 0 amide bonds. The molecule has 1 rings (SSSR count). The number of nitriles is 1. The van der Waals surface area contributed by atoms with Gasteiger partial charge in [0.15, 0.2) is 0 Å². The summed E-state index contributed by atoms with van der Waals surface area (Å²) in [6.45, 7) is 4.34. The monoisotopic (exact) mass is 239 g/mol. The molecular weight excluding hydrogens is 226 g/mol. The van der Waals surface area contributed by atoms with Crippen molar-refractivity contribution in [3.8, 4) is 6.07 Å². The van der Waals surface area contributed by atoms with Gasteiger partial charge in [0.1, 0.15) is 11.0 Å². The molecule has 5 heteroatoms. The van der Waals surface area contributed by atoms with E-state index in [4.69, 9.17) is 10.00 Å². The largest absolute Gasteiger partial charge is 0.367 e. The minimum Gasteiger partial charge on any atom is -0.367 e. The Balaban J connectivity index is 3.00. The van der Waals surface area contributed by atoms with Crippen LogP contribution in [0.15, 0.2) is 23.8 Å². The highest BCUT2D eigenvalue weighted by Crippen LogP contribution is 2.15. The van der Waals surface area contributed by atoms with Gasteiger partial charge in [-0.25, -0.2) is 0 Å². The molecule has 0 fully saturated rings. The third kappa shape index (κ3) is 3.05. The molecule has 1 aliphatic carbocycles. The molecule has 0 radical (unpaired) electrons. The van der Waals surface area contributed by atoms with Crippen molar-refractivity contribution in [1.29, 1.82) is 5.26 Å². The molecule has 0 aliphatic heterocycles. The van der Waals surface area contributed by atoms with Gasteiger partial charge in [0.2, 0.25) is 10.3 Å². The first-order valence-corrected chi connectivity index (χ1v) is 5.99. The molecule has 0 saturated carbocycles. The fraction of sp³-hybridized carbons (Fsp3) is 0.455. The van der Waals surface area contributed by atoms with Gasteiger partial charge >= 0.3 is 0 Å². The van der Waals surface area contributed by atoms with E-state index in [1.165, 1.54) is 6.08 Å². The number of allylic oxidation sites excluding steroid dienone is 2. The zero-order valence-corrected chi connectivity index (χ0v) is 9.99.